The normalized spacial score (nSPS) is 15.7. The number of rotatable bonds is 5. The Morgan fingerprint density at radius 2 is 1.82 bits per heavy atom. The molecule has 3 heterocycles. The number of ether oxygens (including phenoxy) is 3. The Morgan fingerprint density at radius 1 is 0.964 bits per heavy atom. The van der Waals surface area contributed by atoms with E-state index in [0.29, 0.717) is 18.2 Å². The van der Waals surface area contributed by atoms with Crippen LogP contribution in [0.5, 0.6) is 5.88 Å². The summed E-state index contributed by atoms with van der Waals surface area (Å²) in [4.78, 5) is 5.82. The maximum Gasteiger partial charge on any atom is 0.325 e. The van der Waals surface area contributed by atoms with Crippen LogP contribution in [0.15, 0.2) is 90.4 Å². The van der Waals surface area contributed by atoms with Crippen LogP contribution in [-0.2, 0) is 15.9 Å². The average Bonchev–Trinajstić information content (AvgIpc) is 3.41. The summed E-state index contributed by atoms with van der Waals surface area (Å²) in [7, 11) is 0. The number of pyridine rings is 1. The van der Waals surface area contributed by atoms with Crippen molar-refractivity contribution in [2.75, 3.05) is 0 Å². The van der Waals surface area contributed by atoms with Crippen molar-refractivity contribution >= 4 is 22.1 Å². The molecule has 2 aromatic carbocycles. The first-order valence-electron chi connectivity index (χ1n) is 9.03. The minimum Gasteiger partial charge on any atom is -0.455 e. The summed E-state index contributed by atoms with van der Waals surface area (Å²) < 4.78 is 17.5. The molecular formula is C23H17NO3S. The number of aromatic nitrogens is 1. The lowest BCUT2D eigenvalue weighted by atomic mass is 10.1. The summed E-state index contributed by atoms with van der Waals surface area (Å²) in [5.41, 5.74) is 2.02. The average molecular weight is 387 g/mol. The first-order valence-corrected chi connectivity index (χ1v) is 9.91. The van der Waals surface area contributed by atoms with E-state index < -0.39 is 6.29 Å². The summed E-state index contributed by atoms with van der Waals surface area (Å²) in [6.07, 6.45) is 1.76. The quantitative estimate of drug-likeness (QED) is 0.437. The molecule has 28 heavy (non-hydrogen) atoms. The standard InChI is InChI=1S/C23H17NO3S/c1-2-7-16(8-3-1)13-21-25-15-22(26-21)27-23-18-10-5-4-9-17(18)14-19(24-23)20-11-6-12-28-20/h1-12,14-15,21H,13H2. The van der Waals surface area contributed by atoms with Crippen LogP contribution in [0.4, 0.5) is 0 Å². The molecule has 5 rings (SSSR count). The van der Waals surface area contributed by atoms with Gasteiger partial charge in [0, 0.05) is 11.8 Å². The topological polar surface area (TPSA) is 40.6 Å². The zero-order chi connectivity index (χ0) is 18.8. The predicted molar refractivity (Wildman–Crippen MR) is 110 cm³/mol. The van der Waals surface area contributed by atoms with E-state index >= 15 is 0 Å². The van der Waals surface area contributed by atoms with Gasteiger partial charge in [-0.2, -0.15) is 0 Å². The van der Waals surface area contributed by atoms with Gasteiger partial charge >= 0.3 is 5.95 Å². The molecule has 0 amide bonds. The smallest absolute Gasteiger partial charge is 0.325 e. The SMILES string of the molecule is C1=C(Oc2nc(-c3cccs3)cc3ccccc23)OC(Cc2ccccc2)O1. The van der Waals surface area contributed by atoms with Gasteiger partial charge in [-0.05, 0) is 34.5 Å². The van der Waals surface area contributed by atoms with E-state index in [4.69, 9.17) is 19.2 Å². The summed E-state index contributed by atoms with van der Waals surface area (Å²) in [5, 5.41) is 4.03. The molecule has 138 valence electrons. The fraction of sp³-hybridized carbons (Fsp3) is 0.0870. The first-order chi connectivity index (χ1) is 13.8. The molecule has 0 fully saturated rings. The number of fused-ring (bicyclic) bond motifs is 1. The van der Waals surface area contributed by atoms with Gasteiger partial charge in [0.1, 0.15) is 0 Å². The van der Waals surface area contributed by atoms with Crippen LogP contribution in [-0.4, -0.2) is 11.3 Å². The Kier molecular flexibility index (Phi) is 4.43. The van der Waals surface area contributed by atoms with Gasteiger partial charge in [0.2, 0.25) is 12.2 Å². The summed E-state index contributed by atoms with van der Waals surface area (Å²) in [6.45, 7) is 0. The molecule has 4 aromatic rings. The van der Waals surface area contributed by atoms with Crippen molar-refractivity contribution in [3.8, 4) is 16.5 Å². The van der Waals surface area contributed by atoms with Gasteiger partial charge in [-0.25, -0.2) is 4.98 Å². The lowest BCUT2D eigenvalue weighted by molar-refractivity contribution is -0.0522. The summed E-state index contributed by atoms with van der Waals surface area (Å²) in [5.74, 6) is 0.832. The van der Waals surface area contributed by atoms with Gasteiger partial charge in [-0.3, -0.25) is 0 Å². The molecular weight excluding hydrogens is 370 g/mol. The molecule has 4 nitrogen and oxygen atoms in total. The van der Waals surface area contributed by atoms with E-state index in [9.17, 15) is 0 Å². The lowest BCUT2D eigenvalue weighted by Gasteiger charge is -2.13. The van der Waals surface area contributed by atoms with E-state index in [2.05, 4.69) is 18.2 Å². The summed E-state index contributed by atoms with van der Waals surface area (Å²) in [6, 6.07) is 24.3. The van der Waals surface area contributed by atoms with Crippen LogP contribution in [0.2, 0.25) is 0 Å². The van der Waals surface area contributed by atoms with Crippen LogP contribution in [0.3, 0.4) is 0 Å². The fourth-order valence-corrected chi connectivity index (χ4v) is 3.84. The highest BCUT2D eigenvalue weighted by Crippen LogP contribution is 2.33. The largest absolute Gasteiger partial charge is 0.455 e. The van der Waals surface area contributed by atoms with Gasteiger partial charge in [0.05, 0.1) is 10.6 Å². The molecule has 0 radical (unpaired) electrons. The fourth-order valence-electron chi connectivity index (χ4n) is 3.15. The minimum absolute atomic E-state index is 0.321. The molecule has 0 spiro atoms. The lowest BCUT2D eigenvalue weighted by Crippen LogP contribution is -2.13. The van der Waals surface area contributed by atoms with Crippen molar-refractivity contribution in [2.24, 2.45) is 0 Å². The van der Waals surface area contributed by atoms with E-state index in [1.807, 2.05) is 60.0 Å². The Hall–Kier alpha value is -3.31. The first kappa shape index (κ1) is 16.8. The van der Waals surface area contributed by atoms with Crippen molar-refractivity contribution in [1.29, 1.82) is 0 Å². The Morgan fingerprint density at radius 3 is 2.68 bits per heavy atom. The highest BCUT2D eigenvalue weighted by Gasteiger charge is 2.23. The predicted octanol–water partition coefficient (Wildman–Crippen LogP) is 5.76. The van der Waals surface area contributed by atoms with Crippen molar-refractivity contribution in [3.05, 3.63) is 95.9 Å². The molecule has 0 bridgehead atoms. The molecule has 0 aliphatic carbocycles. The maximum atomic E-state index is 6.00. The number of hydrogen-bond acceptors (Lipinski definition) is 5. The van der Waals surface area contributed by atoms with Crippen molar-refractivity contribution < 1.29 is 14.2 Å². The monoisotopic (exact) mass is 387 g/mol. The molecule has 1 aliphatic rings. The third-order valence-corrected chi connectivity index (χ3v) is 5.38. The molecule has 0 saturated heterocycles. The molecule has 0 saturated carbocycles. The van der Waals surface area contributed by atoms with Crippen LogP contribution < -0.4 is 4.74 Å². The maximum absolute atomic E-state index is 6.00. The number of thiophene rings is 1. The number of benzene rings is 2. The van der Waals surface area contributed by atoms with E-state index in [-0.39, 0.29) is 0 Å². The van der Waals surface area contributed by atoms with Crippen LogP contribution in [0.25, 0.3) is 21.3 Å². The number of nitrogens with zero attached hydrogens (tertiary/aromatic N) is 1. The Labute approximate surface area is 166 Å². The molecule has 5 heteroatoms. The molecule has 1 atom stereocenters. The van der Waals surface area contributed by atoms with E-state index in [1.54, 1.807) is 11.3 Å². The Balaban J connectivity index is 1.39. The van der Waals surface area contributed by atoms with Gasteiger partial charge < -0.3 is 14.2 Å². The van der Waals surface area contributed by atoms with Crippen molar-refractivity contribution in [2.45, 2.75) is 12.7 Å². The molecule has 2 aromatic heterocycles. The number of hydrogen-bond donors (Lipinski definition) is 0. The van der Waals surface area contributed by atoms with Crippen LogP contribution >= 0.6 is 11.3 Å². The zero-order valence-electron chi connectivity index (χ0n) is 14.9. The second kappa shape index (κ2) is 7.37. The second-order valence-electron chi connectivity index (χ2n) is 6.42. The zero-order valence-corrected chi connectivity index (χ0v) is 15.8. The molecule has 1 aliphatic heterocycles. The highest BCUT2D eigenvalue weighted by atomic mass is 32.1. The molecule has 1 unspecified atom stereocenters. The van der Waals surface area contributed by atoms with Crippen molar-refractivity contribution in [3.63, 3.8) is 0 Å². The summed E-state index contributed by atoms with van der Waals surface area (Å²) >= 11 is 1.65. The van der Waals surface area contributed by atoms with Crippen molar-refractivity contribution in [1.82, 2.24) is 4.98 Å². The van der Waals surface area contributed by atoms with E-state index in [1.165, 1.54) is 6.26 Å². The van der Waals surface area contributed by atoms with E-state index in [0.717, 1.165) is 26.9 Å². The van der Waals surface area contributed by atoms with Gasteiger partial charge in [0.15, 0.2) is 6.26 Å². The minimum atomic E-state index is -0.399. The second-order valence-corrected chi connectivity index (χ2v) is 7.37. The van der Waals surface area contributed by atoms with Gasteiger partial charge in [-0.1, -0.05) is 54.6 Å². The highest BCUT2D eigenvalue weighted by molar-refractivity contribution is 7.13. The van der Waals surface area contributed by atoms with Crippen LogP contribution in [0, 0.1) is 0 Å². The third-order valence-electron chi connectivity index (χ3n) is 4.49. The Bertz CT molecular complexity index is 1120. The molecule has 0 N–H and O–H groups in total. The van der Waals surface area contributed by atoms with Crippen LogP contribution in [0.1, 0.15) is 5.56 Å². The van der Waals surface area contributed by atoms with Gasteiger partial charge in [0.25, 0.3) is 0 Å². The van der Waals surface area contributed by atoms with Gasteiger partial charge in [-0.15, -0.1) is 11.3 Å². The third kappa shape index (κ3) is 3.44.